The summed E-state index contributed by atoms with van der Waals surface area (Å²) in [5.41, 5.74) is 0.785. The Bertz CT molecular complexity index is 361. The third-order valence-corrected chi connectivity index (χ3v) is 1.55. The number of rotatable bonds is 1. The Labute approximate surface area is 70.2 Å². The molecule has 0 saturated heterocycles. The molecule has 1 nitrogen and oxygen atoms in total. The van der Waals surface area contributed by atoms with E-state index in [1.54, 1.807) is 6.92 Å². The molecule has 60 valence electrons. The first kappa shape index (κ1) is 8.48. The zero-order chi connectivity index (χ0) is 9.14. The Hall–Kier alpha value is -1.62. The zero-order valence-corrected chi connectivity index (χ0v) is 6.60. The summed E-state index contributed by atoms with van der Waals surface area (Å²) in [6, 6.07) is 4.06. The number of hydrogen-bond donors (Lipinski definition) is 0. The maximum absolute atomic E-state index is 12.7. The first-order chi connectivity index (χ1) is 5.65. The number of terminal acetylenes is 1. The molecule has 0 N–H and O–H groups in total. The number of aryl methyl sites for hydroxylation is 1. The lowest BCUT2D eigenvalue weighted by Gasteiger charge is -1.97. The van der Waals surface area contributed by atoms with E-state index in [2.05, 4.69) is 0 Å². The SMILES string of the molecule is C#CC(=O)c1ccc(F)c(C)c1. The smallest absolute Gasteiger partial charge is 0.235 e. The van der Waals surface area contributed by atoms with Crippen LogP contribution in [0.15, 0.2) is 18.2 Å². The summed E-state index contributed by atoms with van der Waals surface area (Å²) in [6.07, 6.45) is 4.90. The van der Waals surface area contributed by atoms with Crippen LogP contribution in [0, 0.1) is 25.1 Å². The van der Waals surface area contributed by atoms with Gasteiger partial charge in [-0.1, -0.05) is 0 Å². The highest BCUT2D eigenvalue weighted by atomic mass is 19.1. The molecule has 0 heterocycles. The molecule has 0 aliphatic rings. The second-order valence-electron chi connectivity index (χ2n) is 2.44. The largest absolute Gasteiger partial charge is 0.279 e. The fraction of sp³-hybridized carbons (Fsp3) is 0.100. The molecule has 0 saturated carbocycles. The molecule has 12 heavy (non-hydrogen) atoms. The lowest BCUT2D eigenvalue weighted by atomic mass is 10.1. The molecule has 1 aromatic carbocycles. The lowest BCUT2D eigenvalue weighted by molar-refractivity contribution is 0.105. The first-order valence-electron chi connectivity index (χ1n) is 3.42. The van der Waals surface area contributed by atoms with Crippen LogP contribution in [0.4, 0.5) is 4.39 Å². The van der Waals surface area contributed by atoms with Crippen LogP contribution in [0.1, 0.15) is 15.9 Å². The van der Waals surface area contributed by atoms with Crippen LogP contribution < -0.4 is 0 Å². The van der Waals surface area contributed by atoms with E-state index < -0.39 is 5.78 Å². The van der Waals surface area contributed by atoms with Crippen molar-refractivity contribution in [1.82, 2.24) is 0 Å². The van der Waals surface area contributed by atoms with Crippen molar-refractivity contribution in [3.63, 3.8) is 0 Å². The Morgan fingerprint density at radius 3 is 2.75 bits per heavy atom. The second kappa shape index (κ2) is 3.19. The summed E-state index contributed by atoms with van der Waals surface area (Å²) in [6.45, 7) is 1.59. The van der Waals surface area contributed by atoms with Gasteiger partial charge in [0.25, 0.3) is 0 Å². The minimum absolute atomic E-state index is 0.330. The topological polar surface area (TPSA) is 17.1 Å². The van der Waals surface area contributed by atoms with E-state index in [0.717, 1.165) is 0 Å². The van der Waals surface area contributed by atoms with Gasteiger partial charge in [-0.2, -0.15) is 0 Å². The van der Waals surface area contributed by atoms with Gasteiger partial charge in [-0.15, -0.1) is 6.42 Å². The number of Topliss-reactive ketones (excluding diaryl/α,β-unsaturated/α-hetero) is 1. The van der Waals surface area contributed by atoms with Crippen molar-refractivity contribution in [3.8, 4) is 12.3 Å². The van der Waals surface area contributed by atoms with Crippen LogP contribution in [-0.4, -0.2) is 5.78 Å². The fourth-order valence-corrected chi connectivity index (χ4v) is 0.869. The number of halogens is 1. The van der Waals surface area contributed by atoms with Crippen LogP contribution in [0.25, 0.3) is 0 Å². The number of benzene rings is 1. The van der Waals surface area contributed by atoms with Gasteiger partial charge in [0.2, 0.25) is 5.78 Å². The van der Waals surface area contributed by atoms with Gasteiger partial charge in [0, 0.05) is 5.56 Å². The minimum Gasteiger partial charge on any atom is -0.279 e. The van der Waals surface area contributed by atoms with Crippen molar-refractivity contribution in [1.29, 1.82) is 0 Å². The van der Waals surface area contributed by atoms with E-state index in [4.69, 9.17) is 6.42 Å². The van der Waals surface area contributed by atoms with Gasteiger partial charge in [-0.3, -0.25) is 4.79 Å². The van der Waals surface area contributed by atoms with E-state index in [1.807, 2.05) is 5.92 Å². The zero-order valence-electron chi connectivity index (χ0n) is 6.60. The van der Waals surface area contributed by atoms with Crippen molar-refractivity contribution in [2.75, 3.05) is 0 Å². The van der Waals surface area contributed by atoms with Crippen LogP contribution in [0.3, 0.4) is 0 Å². The van der Waals surface area contributed by atoms with Crippen LogP contribution in [0.5, 0.6) is 0 Å². The molecule has 0 radical (unpaired) electrons. The molecular weight excluding hydrogens is 155 g/mol. The molecule has 0 aliphatic heterocycles. The molecule has 0 spiro atoms. The average molecular weight is 162 g/mol. The molecule has 0 fully saturated rings. The number of carbonyl (C=O) groups excluding carboxylic acids is 1. The van der Waals surface area contributed by atoms with Crippen LogP contribution in [-0.2, 0) is 0 Å². The third kappa shape index (κ3) is 1.51. The molecule has 0 unspecified atom stereocenters. The van der Waals surface area contributed by atoms with Crippen LogP contribution in [0.2, 0.25) is 0 Å². The summed E-state index contributed by atoms with van der Waals surface area (Å²) in [5.74, 6) is 1.22. The van der Waals surface area contributed by atoms with Crippen molar-refractivity contribution in [2.24, 2.45) is 0 Å². The normalized spacial score (nSPS) is 9.08. The van der Waals surface area contributed by atoms with E-state index in [-0.39, 0.29) is 5.82 Å². The Morgan fingerprint density at radius 1 is 1.58 bits per heavy atom. The summed E-state index contributed by atoms with van der Waals surface area (Å²) in [7, 11) is 0. The van der Waals surface area contributed by atoms with Crippen LogP contribution >= 0.6 is 0 Å². The predicted octanol–water partition coefficient (Wildman–Crippen LogP) is 1.95. The van der Waals surface area contributed by atoms with E-state index in [0.29, 0.717) is 11.1 Å². The molecule has 1 aromatic rings. The van der Waals surface area contributed by atoms with E-state index in [1.165, 1.54) is 18.2 Å². The molecule has 0 bridgehead atoms. The molecule has 1 rings (SSSR count). The average Bonchev–Trinajstić information content (AvgIpc) is 2.08. The van der Waals surface area contributed by atoms with Gasteiger partial charge in [-0.25, -0.2) is 4.39 Å². The Morgan fingerprint density at radius 2 is 2.25 bits per heavy atom. The molecule has 0 aliphatic carbocycles. The van der Waals surface area contributed by atoms with Gasteiger partial charge < -0.3 is 0 Å². The lowest BCUT2D eigenvalue weighted by Crippen LogP contribution is -1.95. The summed E-state index contributed by atoms with van der Waals surface area (Å²) in [5, 5.41) is 0. The summed E-state index contributed by atoms with van der Waals surface area (Å²) in [4.78, 5) is 10.9. The number of hydrogen-bond acceptors (Lipinski definition) is 1. The van der Waals surface area contributed by atoms with Gasteiger partial charge >= 0.3 is 0 Å². The standard InChI is InChI=1S/C10H7FO/c1-3-10(12)8-4-5-9(11)7(2)6-8/h1,4-6H,2H3. The van der Waals surface area contributed by atoms with Crippen molar-refractivity contribution < 1.29 is 9.18 Å². The van der Waals surface area contributed by atoms with Crippen molar-refractivity contribution in [2.45, 2.75) is 6.92 Å². The van der Waals surface area contributed by atoms with Crippen molar-refractivity contribution in [3.05, 3.63) is 35.1 Å². The molecule has 0 amide bonds. The summed E-state index contributed by atoms with van der Waals surface area (Å²) >= 11 is 0. The fourth-order valence-electron chi connectivity index (χ4n) is 0.869. The molecular formula is C10H7FO. The van der Waals surface area contributed by atoms with Gasteiger partial charge in [-0.05, 0) is 36.6 Å². The van der Waals surface area contributed by atoms with E-state index in [9.17, 15) is 9.18 Å². The van der Waals surface area contributed by atoms with Gasteiger partial charge in [0.15, 0.2) is 0 Å². The van der Waals surface area contributed by atoms with Gasteiger partial charge in [0.05, 0.1) is 0 Å². The minimum atomic E-state index is -0.418. The molecule has 2 heteroatoms. The first-order valence-corrected chi connectivity index (χ1v) is 3.42. The highest BCUT2D eigenvalue weighted by molar-refractivity contribution is 6.08. The van der Waals surface area contributed by atoms with Crippen molar-refractivity contribution >= 4 is 5.78 Å². The summed E-state index contributed by atoms with van der Waals surface area (Å²) < 4.78 is 12.7. The number of ketones is 1. The molecule has 0 atom stereocenters. The quantitative estimate of drug-likeness (QED) is 0.350. The maximum Gasteiger partial charge on any atom is 0.235 e. The predicted molar refractivity (Wildman–Crippen MR) is 44.3 cm³/mol. The Balaban J connectivity index is 3.15. The second-order valence-corrected chi connectivity index (χ2v) is 2.44. The maximum atomic E-state index is 12.7. The Kier molecular flexibility index (Phi) is 2.25. The van der Waals surface area contributed by atoms with Gasteiger partial charge in [0.1, 0.15) is 5.82 Å². The molecule has 0 aromatic heterocycles. The highest BCUT2D eigenvalue weighted by Gasteiger charge is 2.03. The third-order valence-electron chi connectivity index (χ3n) is 1.55. The highest BCUT2D eigenvalue weighted by Crippen LogP contribution is 2.09. The number of carbonyl (C=O) groups is 1. The monoisotopic (exact) mass is 162 g/mol. The van der Waals surface area contributed by atoms with E-state index >= 15 is 0 Å².